The van der Waals surface area contributed by atoms with Gasteiger partial charge in [-0.2, -0.15) is 8.42 Å². The Morgan fingerprint density at radius 3 is 2.50 bits per heavy atom. The molecule has 1 amide bonds. The molecule has 0 unspecified atom stereocenters. The number of carbonyl (C=O) groups excluding carboxylic acids is 2. The van der Waals surface area contributed by atoms with E-state index in [2.05, 4.69) is 5.32 Å². The summed E-state index contributed by atoms with van der Waals surface area (Å²) in [4.78, 5) is 20.7. The molecule has 0 saturated heterocycles. The first-order valence-electron chi connectivity index (χ1n) is 4.19. The van der Waals surface area contributed by atoms with Crippen LogP contribution in [-0.2, 0) is 14.9 Å². The van der Waals surface area contributed by atoms with Gasteiger partial charge in [-0.3, -0.25) is 14.1 Å². The predicted octanol–water partition coefficient (Wildman–Crippen LogP) is 0.704. The highest BCUT2D eigenvalue weighted by molar-refractivity contribution is 7.86. The Kier molecular flexibility index (Phi) is 3.41. The number of benzene rings is 1. The zero-order valence-corrected chi connectivity index (χ0v) is 9.11. The SMILES string of the molecule is CC(=O)Nc1ccc(C=O)c(S(=O)(=O)O)c1. The maximum Gasteiger partial charge on any atom is 0.295 e. The Bertz CT molecular complexity index is 535. The quantitative estimate of drug-likeness (QED) is 0.601. The molecule has 0 aliphatic rings. The van der Waals surface area contributed by atoms with Crippen LogP contribution >= 0.6 is 0 Å². The van der Waals surface area contributed by atoms with E-state index in [1.54, 1.807) is 0 Å². The van der Waals surface area contributed by atoms with Gasteiger partial charge < -0.3 is 5.32 Å². The summed E-state index contributed by atoms with van der Waals surface area (Å²) in [7, 11) is -4.49. The lowest BCUT2D eigenvalue weighted by Gasteiger charge is -2.05. The predicted molar refractivity (Wildman–Crippen MR) is 55.9 cm³/mol. The molecule has 0 heterocycles. The van der Waals surface area contributed by atoms with Crippen molar-refractivity contribution in [2.75, 3.05) is 5.32 Å². The first kappa shape index (κ1) is 12.3. The van der Waals surface area contributed by atoms with Crippen molar-refractivity contribution >= 4 is 28.0 Å². The van der Waals surface area contributed by atoms with Crippen molar-refractivity contribution in [1.29, 1.82) is 0 Å². The van der Waals surface area contributed by atoms with Gasteiger partial charge in [-0.1, -0.05) is 0 Å². The largest absolute Gasteiger partial charge is 0.326 e. The fraction of sp³-hybridized carbons (Fsp3) is 0.111. The maximum atomic E-state index is 10.9. The van der Waals surface area contributed by atoms with Crippen molar-refractivity contribution in [1.82, 2.24) is 0 Å². The summed E-state index contributed by atoms with van der Waals surface area (Å²) in [6, 6.07) is 3.57. The van der Waals surface area contributed by atoms with Crippen molar-refractivity contribution in [3.05, 3.63) is 23.8 Å². The third-order valence-corrected chi connectivity index (χ3v) is 2.65. The lowest BCUT2D eigenvalue weighted by molar-refractivity contribution is -0.114. The highest BCUT2D eigenvalue weighted by Gasteiger charge is 2.16. The molecule has 6 nitrogen and oxygen atoms in total. The molecule has 7 heteroatoms. The van der Waals surface area contributed by atoms with Gasteiger partial charge in [0.15, 0.2) is 6.29 Å². The third-order valence-electron chi connectivity index (χ3n) is 1.74. The monoisotopic (exact) mass is 243 g/mol. The average molecular weight is 243 g/mol. The van der Waals surface area contributed by atoms with Crippen LogP contribution in [0.4, 0.5) is 5.69 Å². The molecule has 86 valence electrons. The van der Waals surface area contributed by atoms with E-state index in [0.29, 0.717) is 6.29 Å². The molecule has 0 aliphatic heterocycles. The van der Waals surface area contributed by atoms with Gasteiger partial charge in [0.1, 0.15) is 4.90 Å². The number of amides is 1. The van der Waals surface area contributed by atoms with E-state index in [1.165, 1.54) is 19.1 Å². The van der Waals surface area contributed by atoms with E-state index in [9.17, 15) is 18.0 Å². The van der Waals surface area contributed by atoms with E-state index < -0.39 is 15.0 Å². The number of hydrogen-bond donors (Lipinski definition) is 2. The fourth-order valence-electron chi connectivity index (χ4n) is 1.14. The molecule has 0 spiro atoms. The van der Waals surface area contributed by atoms with Crippen molar-refractivity contribution in [3.8, 4) is 0 Å². The number of rotatable bonds is 3. The molecule has 0 atom stereocenters. The summed E-state index contributed by atoms with van der Waals surface area (Å²) in [5.74, 6) is -0.389. The summed E-state index contributed by atoms with van der Waals surface area (Å²) in [5, 5.41) is 2.34. The molecular formula is C9H9NO5S. The van der Waals surface area contributed by atoms with Gasteiger partial charge >= 0.3 is 0 Å². The van der Waals surface area contributed by atoms with Crippen molar-refractivity contribution in [3.63, 3.8) is 0 Å². The van der Waals surface area contributed by atoms with Crippen LogP contribution in [-0.4, -0.2) is 25.2 Å². The van der Waals surface area contributed by atoms with E-state index in [1.807, 2.05) is 0 Å². The van der Waals surface area contributed by atoms with E-state index >= 15 is 0 Å². The summed E-state index contributed by atoms with van der Waals surface area (Å²) >= 11 is 0. The van der Waals surface area contributed by atoms with Gasteiger partial charge in [-0.25, -0.2) is 0 Å². The topological polar surface area (TPSA) is 101 Å². The zero-order chi connectivity index (χ0) is 12.3. The number of anilines is 1. The Morgan fingerprint density at radius 2 is 2.06 bits per heavy atom. The molecule has 0 saturated carbocycles. The van der Waals surface area contributed by atoms with E-state index in [4.69, 9.17) is 4.55 Å². The van der Waals surface area contributed by atoms with Gasteiger partial charge in [0.2, 0.25) is 5.91 Å². The second-order valence-electron chi connectivity index (χ2n) is 3.03. The minimum atomic E-state index is -4.49. The third kappa shape index (κ3) is 2.88. The van der Waals surface area contributed by atoms with Crippen LogP contribution in [0.3, 0.4) is 0 Å². The maximum absolute atomic E-state index is 10.9. The Hall–Kier alpha value is -1.73. The van der Waals surface area contributed by atoms with Crippen LogP contribution in [0.5, 0.6) is 0 Å². The lowest BCUT2D eigenvalue weighted by atomic mass is 10.2. The zero-order valence-electron chi connectivity index (χ0n) is 8.30. The molecule has 0 fully saturated rings. The first-order chi connectivity index (χ1) is 7.34. The molecule has 0 bridgehead atoms. The molecule has 0 aromatic heterocycles. The minimum absolute atomic E-state index is 0.170. The summed E-state index contributed by atoms with van der Waals surface area (Å²) in [6.45, 7) is 1.25. The Morgan fingerprint density at radius 1 is 1.44 bits per heavy atom. The van der Waals surface area contributed by atoms with E-state index in [0.717, 1.165) is 6.07 Å². The number of aldehydes is 1. The first-order valence-corrected chi connectivity index (χ1v) is 5.63. The van der Waals surface area contributed by atoms with Crippen LogP contribution in [0.15, 0.2) is 23.1 Å². The summed E-state index contributed by atoms with van der Waals surface area (Å²) < 4.78 is 30.7. The van der Waals surface area contributed by atoms with Gasteiger partial charge in [-0.15, -0.1) is 0 Å². The second-order valence-corrected chi connectivity index (χ2v) is 4.42. The van der Waals surface area contributed by atoms with Crippen molar-refractivity contribution in [2.45, 2.75) is 11.8 Å². The molecular weight excluding hydrogens is 234 g/mol. The lowest BCUT2D eigenvalue weighted by Crippen LogP contribution is -2.08. The van der Waals surface area contributed by atoms with Gasteiger partial charge in [-0.05, 0) is 18.2 Å². The fourth-order valence-corrected chi connectivity index (χ4v) is 1.83. The van der Waals surface area contributed by atoms with Crippen molar-refractivity contribution < 1.29 is 22.6 Å². The van der Waals surface area contributed by atoms with Crippen molar-refractivity contribution in [2.24, 2.45) is 0 Å². The average Bonchev–Trinajstić information content (AvgIpc) is 2.15. The summed E-state index contributed by atoms with van der Waals surface area (Å²) in [5.41, 5.74) is 0.0160. The molecule has 1 aromatic carbocycles. The molecule has 0 radical (unpaired) electrons. The highest BCUT2D eigenvalue weighted by Crippen LogP contribution is 2.19. The molecule has 0 aliphatic carbocycles. The molecule has 16 heavy (non-hydrogen) atoms. The molecule has 2 N–H and O–H groups in total. The van der Waals surface area contributed by atoms with Gasteiger partial charge in [0, 0.05) is 18.2 Å². The highest BCUT2D eigenvalue weighted by atomic mass is 32.2. The van der Waals surface area contributed by atoms with Gasteiger partial charge in [0.05, 0.1) is 0 Å². The number of carbonyl (C=O) groups is 2. The smallest absolute Gasteiger partial charge is 0.295 e. The Labute approximate surface area is 92.0 Å². The van der Waals surface area contributed by atoms with Crippen LogP contribution in [0.1, 0.15) is 17.3 Å². The van der Waals surface area contributed by atoms with Gasteiger partial charge in [0.25, 0.3) is 10.1 Å². The van der Waals surface area contributed by atoms with Crippen LogP contribution in [0.2, 0.25) is 0 Å². The Balaban J connectivity index is 3.33. The van der Waals surface area contributed by atoms with Crippen LogP contribution in [0.25, 0.3) is 0 Å². The summed E-state index contributed by atoms with van der Waals surface area (Å²) in [6.07, 6.45) is 0.306. The minimum Gasteiger partial charge on any atom is -0.326 e. The second kappa shape index (κ2) is 4.42. The van der Waals surface area contributed by atoms with Crippen LogP contribution < -0.4 is 5.32 Å². The molecule has 1 rings (SSSR count). The number of hydrogen-bond acceptors (Lipinski definition) is 4. The van der Waals surface area contributed by atoms with Crippen LogP contribution in [0, 0.1) is 0 Å². The molecule has 1 aromatic rings. The van der Waals surface area contributed by atoms with E-state index in [-0.39, 0.29) is 17.2 Å². The number of nitrogens with one attached hydrogen (secondary N) is 1. The standard InChI is InChI=1S/C9H9NO5S/c1-6(12)10-8-3-2-7(5-11)9(4-8)16(13,14)15/h2-5H,1H3,(H,10,12)(H,13,14,15). The normalized spacial score (nSPS) is 10.9.